The number of piperidine rings is 1. The summed E-state index contributed by atoms with van der Waals surface area (Å²) in [6, 6.07) is 8.47. The Kier molecular flexibility index (Phi) is 6.86. The van der Waals surface area contributed by atoms with Crippen molar-refractivity contribution in [1.29, 1.82) is 5.26 Å². The number of nitriles is 1. The van der Waals surface area contributed by atoms with E-state index in [9.17, 15) is 10.1 Å². The van der Waals surface area contributed by atoms with Gasteiger partial charge in [0.2, 0.25) is 0 Å². The number of ether oxygens (including phenoxy) is 3. The number of likely N-dealkylation sites (tertiary alicyclic amines) is 1. The van der Waals surface area contributed by atoms with Gasteiger partial charge in [0.25, 0.3) is 0 Å². The molecule has 1 fully saturated rings. The predicted octanol–water partition coefficient (Wildman–Crippen LogP) is 4.30. The number of hydrogen-bond acceptors (Lipinski definition) is 6. The summed E-state index contributed by atoms with van der Waals surface area (Å²) < 4.78 is 17.1. The number of hydrogen-bond donors (Lipinski definition) is 0. The van der Waals surface area contributed by atoms with Crippen LogP contribution < -0.4 is 9.47 Å². The zero-order valence-corrected chi connectivity index (χ0v) is 19.1. The summed E-state index contributed by atoms with van der Waals surface area (Å²) in [5, 5.41) is 10.1. The Balaban J connectivity index is 1.47. The molecule has 1 atom stereocenters. The number of methoxy groups -OCH3 is 1. The van der Waals surface area contributed by atoms with Gasteiger partial charge in [-0.05, 0) is 55.9 Å². The Labute approximate surface area is 190 Å². The normalized spacial score (nSPS) is 22.2. The van der Waals surface area contributed by atoms with Gasteiger partial charge in [-0.2, -0.15) is 5.26 Å². The van der Waals surface area contributed by atoms with E-state index in [1.165, 1.54) is 11.1 Å². The molecule has 0 radical (unpaired) electrons. The molecule has 6 heteroatoms. The van der Waals surface area contributed by atoms with Gasteiger partial charge in [0.15, 0.2) is 11.5 Å². The van der Waals surface area contributed by atoms with Crippen molar-refractivity contribution in [3.8, 4) is 17.6 Å². The Morgan fingerprint density at radius 2 is 2.06 bits per heavy atom. The van der Waals surface area contributed by atoms with E-state index in [1.54, 1.807) is 7.11 Å². The Morgan fingerprint density at radius 1 is 1.25 bits per heavy atom. The van der Waals surface area contributed by atoms with E-state index in [4.69, 9.17) is 14.2 Å². The second kappa shape index (κ2) is 9.79. The smallest absolute Gasteiger partial charge is 0.320 e. The van der Waals surface area contributed by atoms with Gasteiger partial charge >= 0.3 is 5.97 Å². The number of benzene rings is 1. The van der Waals surface area contributed by atoms with Crippen LogP contribution in [-0.2, 0) is 14.9 Å². The maximum atomic E-state index is 11.8. The number of nitrogens with zero attached hydrogens (tertiary/aromatic N) is 2. The molecule has 0 N–H and O–H groups in total. The minimum atomic E-state index is -0.592. The monoisotopic (exact) mass is 436 g/mol. The number of esters is 1. The highest BCUT2D eigenvalue weighted by molar-refractivity contribution is 5.71. The van der Waals surface area contributed by atoms with Gasteiger partial charge in [-0.15, -0.1) is 0 Å². The molecule has 4 rings (SSSR count). The lowest BCUT2D eigenvalue weighted by molar-refractivity contribution is -0.144. The van der Waals surface area contributed by atoms with Crippen LogP contribution in [0.4, 0.5) is 0 Å². The van der Waals surface area contributed by atoms with Crippen LogP contribution in [0.1, 0.15) is 51.0 Å². The fraction of sp³-hybridized carbons (Fsp3) is 0.538. The molecular weight excluding hydrogens is 404 g/mol. The molecule has 0 amide bonds. The second-order valence-electron chi connectivity index (χ2n) is 8.86. The van der Waals surface area contributed by atoms with Crippen LogP contribution in [0.3, 0.4) is 0 Å². The Hall–Kier alpha value is -2.78. The molecule has 1 saturated heterocycles. The van der Waals surface area contributed by atoms with Gasteiger partial charge in [0, 0.05) is 25.9 Å². The van der Waals surface area contributed by atoms with Crippen LogP contribution in [0.25, 0.3) is 0 Å². The molecule has 0 aromatic heterocycles. The third-order valence-corrected chi connectivity index (χ3v) is 6.90. The predicted molar refractivity (Wildman–Crippen MR) is 122 cm³/mol. The van der Waals surface area contributed by atoms with E-state index in [-0.39, 0.29) is 18.6 Å². The number of allylic oxidation sites excluding steroid dienone is 2. The molecule has 3 aliphatic rings. The number of carbonyl (C=O) groups is 1. The highest BCUT2D eigenvalue weighted by atomic mass is 16.5. The lowest BCUT2D eigenvalue weighted by Gasteiger charge is -2.37. The number of rotatable bonds is 7. The average Bonchev–Trinajstić information content (AvgIpc) is 3.22. The summed E-state index contributed by atoms with van der Waals surface area (Å²) in [6.07, 6.45) is 10.0. The molecule has 2 aliphatic carbocycles. The van der Waals surface area contributed by atoms with E-state index in [0.29, 0.717) is 44.0 Å². The highest BCUT2D eigenvalue weighted by Crippen LogP contribution is 2.42. The molecule has 32 heavy (non-hydrogen) atoms. The van der Waals surface area contributed by atoms with Crippen LogP contribution in [0.15, 0.2) is 41.5 Å². The molecule has 6 nitrogen and oxygen atoms in total. The van der Waals surface area contributed by atoms with Crippen LogP contribution >= 0.6 is 0 Å². The molecule has 0 saturated carbocycles. The van der Waals surface area contributed by atoms with Crippen molar-refractivity contribution in [1.82, 2.24) is 4.90 Å². The first-order valence-corrected chi connectivity index (χ1v) is 11.6. The lowest BCUT2D eigenvalue weighted by Crippen LogP contribution is -2.44. The molecule has 1 unspecified atom stereocenters. The summed E-state index contributed by atoms with van der Waals surface area (Å²) in [5.41, 5.74) is 3.29. The van der Waals surface area contributed by atoms with E-state index in [0.717, 1.165) is 31.2 Å². The van der Waals surface area contributed by atoms with Gasteiger partial charge < -0.3 is 14.2 Å². The van der Waals surface area contributed by atoms with Crippen molar-refractivity contribution in [2.24, 2.45) is 0 Å². The van der Waals surface area contributed by atoms with Crippen molar-refractivity contribution < 1.29 is 19.0 Å². The van der Waals surface area contributed by atoms with E-state index in [2.05, 4.69) is 23.1 Å². The second-order valence-corrected chi connectivity index (χ2v) is 8.86. The average molecular weight is 437 g/mol. The summed E-state index contributed by atoms with van der Waals surface area (Å²) in [6.45, 7) is 3.84. The highest BCUT2D eigenvalue weighted by Gasteiger charge is 2.38. The molecule has 1 aromatic carbocycles. The minimum absolute atomic E-state index is 0.108. The molecule has 1 aliphatic heterocycles. The summed E-state index contributed by atoms with van der Waals surface area (Å²) in [5.74, 6) is 1.20. The summed E-state index contributed by atoms with van der Waals surface area (Å²) in [7, 11) is 1.65. The maximum Gasteiger partial charge on any atom is 0.320 e. The topological polar surface area (TPSA) is 71.8 Å². The zero-order chi connectivity index (χ0) is 22.6. The van der Waals surface area contributed by atoms with Gasteiger partial charge in [-0.1, -0.05) is 23.8 Å². The molecule has 0 bridgehead atoms. The summed E-state index contributed by atoms with van der Waals surface area (Å²) in [4.78, 5) is 13.9. The van der Waals surface area contributed by atoms with Crippen molar-refractivity contribution >= 4 is 5.97 Å². The first kappa shape index (κ1) is 22.4. The SMILES string of the molecule is CCOC(=O)CN1CCC(C#N)(c2ccc(OC)c(OC3CC4=C(CCC=C4)C3)c2)CC1. The van der Waals surface area contributed by atoms with E-state index < -0.39 is 5.41 Å². The third-order valence-electron chi connectivity index (χ3n) is 6.90. The molecule has 1 aromatic rings. The Bertz CT molecular complexity index is 951. The molecule has 0 spiro atoms. The zero-order valence-electron chi connectivity index (χ0n) is 19.1. The van der Waals surface area contributed by atoms with Crippen LogP contribution in [-0.4, -0.2) is 50.3 Å². The van der Waals surface area contributed by atoms with Gasteiger partial charge in [-0.3, -0.25) is 9.69 Å². The van der Waals surface area contributed by atoms with Crippen molar-refractivity contribution in [2.75, 3.05) is 33.4 Å². The molecule has 170 valence electrons. The first-order valence-electron chi connectivity index (χ1n) is 11.6. The minimum Gasteiger partial charge on any atom is -0.493 e. The van der Waals surface area contributed by atoms with Crippen molar-refractivity contribution in [2.45, 2.75) is 57.0 Å². The van der Waals surface area contributed by atoms with Gasteiger partial charge in [0.1, 0.15) is 6.10 Å². The fourth-order valence-corrected chi connectivity index (χ4v) is 5.08. The maximum absolute atomic E-state index is 11.8. The van der Waals surface area contributed by atoms with Crippen molar-refractivity contribution in [3.63, 3.8) is 0 Å². The van der Waals surface area contributed by atoms with E-state index in [1.807, 2.05) is 25.1 Å². The van der Waals surface area contributed by atoms with Crippen molar-refractivity contribution in [3.05, 3.63) is 47.1 Å². The first-order chi connectivity index (χ1) is 15.6. The lowest BCUT2D eigenvalue weighted by atomic mass is 9.74. The largest absolute Gasteiger partial charge is 0.493 e. The fourth-order valence-electron chi connectivity index (χ4n) is 5.08. The number of carbonyl (C=O) groups excluding carboxylic acids is 1. The van der Waals surface area contributed by atoms with Gasteiger partial charge in [-0.25, -0.2) is 0 Å². The molecular formula is C26H32N2O4. The van der Waals surface area contributed by atoms with Gasteiger partial charge in [0.05, 0.1) is 31.7 Å². The third kappa shape index (κ3) is 4.68. The van der Waals surface area contributed by atoms with Crippen LogP contribution in [0, 0.1) is 11.3 Å². The molecule has 1 heterocycles. The summed E-state index contributed by atoms with van der Waals surface area (Å²) >= 11 is 0. The van der Waals surface area contributed by atoms with E-state index >= 15 is 0 Å². The Morgan fingerprint density at radius 3 is 2.75 bits per heavy atom. The standard InChI is InChI=1S/C26H32N2O4/c1-3-31-25(29)17-28-12-10-26(18-27,11-13-28)21-8-9-23(30-2)24(16-21)32-22-14-19-6-4-5-7-20(19)15-22/h4,6,8-9,16,22H,3,5,7,10-15,17H2,1-2H3. The van der Waals surface area contributed by atoms with Crippen LogP contribution in [0.5, 0.6) is 11.5 Å². The van der Waals surface area contributed by atoms with Crippen LogP contribution in [0.2, 0.25) is 0 Å². The quantitative estimate of drug-likeness (QED) is 0.594.